The predicted octanol–water partition coefficient (Wildman–Crippen LogP) is -3.95. The molecule has 0 aliphatic carbocycles. The van der Waals surface area contributed by atoms with Crippen molar-refractivity contribution in [3.05, 3.63) is 41.5 Å². The molecule has 5 saturated heterocycles. The summed E-state index contributed by atoms with van der Waals surface area (Å²) < 4.78 is 70.5. The van der Waals surface area contributed by atoms with Gasteiger partial charge in [0, 0.05) is 23.5 Å². The molecular weight excluding hydrogens is 808 g/mol. The van der Waals surface area contributed by atoms with Crippen molar-refractivity contribution in [2.75, 3.05) is 46.6 Å². The molecule has 7 aliphatic rings. The van der Waals surface area contributed by atoms with E-state index in [1.54, 1.807) is 6.07 Å². The molecule has 7 aliphatic heterocycles. The number of rotatable bonds is 11. The molecule has 332 valence electrons. The van der Waals surface area contributed by atoms with Gasteiger partial charge in [-0.1, -0.05) is 6.07 Å². The van der Waals surface area contributed by atoms with E-state index in [9.17, 15) is 51.1 Å². The fourth-order valence-corrected chi connectivity index (χ4v) is 8.70. The topological polar surface area (TPSA) is 313 Å². The standard InChI is InChI=1S/C38H48O22/c39-6-22-25(41)28(44)31(47)36(57-22)51-10-24-27(43)30(46)35(60-37-32(48)29(45)26(42)23(7-40)58-37)38(59-24)56-18-5-21-20(54-12-55-21)4-14(18)34-16-9-49-33(15(16)8-50-34)13-1-2-17-19(3-13)53-11-52-17/h1-5,15-16,22-48H,6-12H2/t15?,16?,22-,23-,24-,25-,26-,27-,28+,29+,30+,31-,32-,33-,34-,35-,36-,37+,38-/m1/s1. The summed E-state index contributed by atoms with van der Waals surface area (Å²) in [6.07, 6.45) is -26.5. The van der Waals surface area contributed by atoms with Crippen LogP contribution in [0.5, 0.6) is 28.7 Å². The lowest BCUT2D eigenvalue weighted by Gasteiger charge is -2.46. The molecule has 0 amide bonds. The molecular formula is C38H48O22. The fourth-order valence-electron chi connectivity index (χ4n) is 8.70. The number of fused-ring (bicyclic) bond motifs is 3. The van der Waals surface area contributed by atoms with E-state index >= 15 is 0 Å². The summed E-state index contributed by atoms with van der Waals surface area (Å²) in [7, 11) is 0. The lowest BCUT2D eigenvalue weighted by molar-refractivity contribution is -0.363. The number of aliphatic hydroxyl groups is 10. The Balaban J connectivity index is 1.00. The summed E-state index contributed by atoms with van der Waals surface area (Å²) in [6, 6.07) is 8.82. The Morgan fingerprint density at radius 2 is 1.08 bits per heavy atom. The van der Waals surface area contributed by atoms with Gasteiger partial charge < -0.3 is 108 Å². The monoisotopic (exact) mass is 856 g/mol. The zero-order valence-corrected chi connectivity index (χ0v) is 31.7. The molecule has 60 heavy (non-hydrogen) atoms. The van der Waals surface area contributed by atoms with Crippen LogP contribution in [0.25, 0.3) is 0 Å². The van der Waals surface area contributed by atoms with Crippen molar-refractivity contribution >= 4 is 0 Å². The van der Waals surface area contributed by atoms with E-state index in [-0.39, 0.29) is 43.0 Å². The summed E-state index contributed by atoms with van der Waals surface area (Å²) in [5.74, 6) is 1.70. The van der Waals surface area contributed by atoms with Gasteiger partial charge in [0.2, 0.25) is 19.9 Å². The van der Waals surface area contributed by atoms with Crippen molar-refractivity contribution in [2.45, 2.75) is 104 Å². The normalized spacial score (nSPS) is 43.3. The molecule has 7 heterocycles. The first kappa shape index (κ1) is 42.1. The molecule has 2 unspecified atom stereocenters. The molecule has 2 aromatic carbocycles. The van der Waals surface area contributed by atoms with Crippen LogP contribution in [0.3, 0.4) is 0 Å². The van der Waals surface area contributed by atoms with Crippen LogP contribution < -0.4 is 23.7 Å². The van der Waals surface area contributed by atoms with Crippen molar-refractivity contribution in [3.8, 4) is 28.7 Å². The average molecular weight is 857 g/mol. The molecule has 9 rings (SSSR count). The smallest absolute Gasteiger partial charge is 0.231 e. The van der Waals surface area contributed by atoms with Crippen LogP contribution in [0.2, 0.25) is 0 Å². The van der Waals surface area contributed by atoms with Crippen LogP contribution in [0.15, 0.2) is 30.3 Å². The molecule has 5 fully saturated rings. The van der Waals surface area contributed by atoms with E-state index in [1.165, 1.54) is 6.07 Å². The summed E-state index contributed by atoms with van der Waals surface area (Å²) in [6.45, 7) is -1.52. The first-order chi connectivity index (χ1) is 28.9. The molecule has 0 aromatic heterocycles. The Labute approximate surface area is 340 Å². The highest BCUT2D eigenvalue weighted by Gasteiger charge is 2.54. The highest BCUT2D eigenvalue weighted by molar-refractivity contribution is 5.53. The minimum Gasteiger partial charge on any atom is -0.461 e. The first-order valence-corrected chi connectivity index (χ1v) is 19.6. The zero-order valence-electron chi connectivity index (χ0n) is 31.7. The van der Waals surface area contributed by atoms with Crippen molar-refractivity contribution in [2.24, 2.45) is 11.8 Å². The van der Waals surface area contributed by atoms with Crippen LogP contribution >= 0.6 is 0 Å². The molecule has 10 N–H and O–H groups in total. The molecule has 19 atom stereocenters. The molecule has 0 spiro atoms. The van der Waals surface area contributed by atoms with Gasteiger partial charge in [0.25, 0.3) is 0 Å². The summed E-state index contributed by atoms with van der Waals surface area (Å²) in [4.78, 5) is 0. The Morgan fingerprint density at radius 1 is 0.533 bits per heavy atom. The van der Waals surface area contributed by atoms with Gasteiger partial charge in [-0.25, -0.2) is 0 Å². The van der Waals surface area contributed by atoms with E-state index < -0.39 is 118 Å². The second-order valence-electron chi connectivity index (χ2n) is 15.7. The minimum absolute atomic E-state index is 0.0982. The summed E-state index contributed by atoms with van der Waals surface area (Å²) >= 11 is 0. The summed E-state index contributed by atoms with van der Waals surface area (Å²) in [5.41, 5.74) is 1.35. The predicted molar refractivity (Wildman–Crippen MR) is 189 cm³/mol. The molecule has 0 bridgehead atoms. The highest BCUT2D eigenvalue weighted by Crippen LogP contribution is 2.54. The number of ether oxygens (including phenoxy) is 12. The van der Waals surface area contributed by atoms with Crippen molar-refractivity contribution in [1.82, 2.24) is 0 Å². The van der Waals surface area contributed by atoms with Gasteiger partial charge in [0.1, 0.15) is 72.9 Å². The number of hydrogen-bond acceptors (Lipinski definition) is 22. The lowest BCUT2D eigenvalue weighted by atomic mass is 9.84. The van der Waals surface area contributed by atoms with Crippen LogP contribution in [-0.2, 0) is 33.2 Å². The van der Waals surface area contributed by atoms with Gasteiger partial charge in [-0.15, -0.1) is 0 Å². The Morgan fingerprint density at radius 3 is 1.77 bits per heavy atom. The molecule has 0 radical (unpaired) electrons. The minimum atomic E-state index is -1.92. The van der Waals surface area contributed by atoms with Crippen LogP contribution in [-0.4, -0.2) is 190 Å². The number of hydrogen-bond donors (Lipinski definition) is 10. The third-order valence-corrected chi connectivity index (χ3v) is 12.1. The van der Waals surface area contributed by atoms with Gasteiger partial charge >= 0.3 is 0 Å². The van der Waals surface area contributed by atoms with Gasteiger partial charge in [-0.2, -0.15) is 0 Å². The van der Waals surface area contributed by atoms with E-state index in [0.717, 1.165) is 5.56 Å². The maximum atomic E-state index is 11.6. The maximum Gasteiger partial charge on any atom is 0.231 e. The molecule has 22 nitrogen and oxygen atoms in total. The first-order valence-electron chi connectivity index (χ1n) is 19.6. The SMILES string of the molecule is OC[C@H]1O[C@@H](OC[C@H]2O[C@@H](Oc3cc4c(cc3[C@H]3OCC5C3CO[C@@H]5c3ccc5c(c3)OCO5)OCO4)[C@H](O[C@@H]3O[C@H](CO)[C@@H](O)[C@H](O)[C@H]3O)[C@@H](O)[C@@H]2O)[C@H](O)[C@@H](O)[C@@H]1O. The fraction of sp³-hybridized carbons (Fsp3) is 0.684. The number of aliphatic hydroxyl groups excluding tert-OH is 10. The van der Waals surface area contributed by atoms with Crippen LogP contribution in [0.1, 0.15) is 23.3 Å². The quantitative estimate of drug-likeness (QED) is 0.103. The van der Waals surface area contributed by atoms with Crippen LogP contribution in [0, 0.1) is 11.8 Å². The van der Waals surface area contributed by atoms with E-state index in [2.05, 4.69) is 0 Å². The van der Waals surface area contributed by atoms with Gasteiger partial charge in [-0.3, -0.25) is 0 Å². The average Bonchev–Trinajstić information content (AvgIpc) is 4.08. The van der Waals surface area contributed by atoms with Gasteiger partial charge in [0.05, 0.1) is 45.2 Å². The maximum absolute atomic E-state index is 11.6. The van der Waals surface area contributed by atoms with E-state index in [0.29, 0.717) is 36.0 Å². The second kappa shape index (κ2) is 17.1. The Kier molecular flexibility index (Phi) is 12.0. The second-order valence-corrected chi connectivity index (χ2v) is 15.7. The van der Waals surface area contributed by atoms with Crippen molar-refractivity contribution in [1.29, 1.82) is 0 Å². The van der Waals surface area contributed by atoms with E-state index in [4.69, 9.17) is 56.8 Å². The highest BCUT2D eigenvalue weighted by atomic mass is 16.8. The lowest BCUT2D eigenvalue weighted by Crippen LogP contribution is -2.65. The summed E-state index contributed by atoms with van der Waals surface area (Å²) in [5, 5.41) is 105. The van der Waals surface area contributed by atoms with Gasteiger partial charge in [0.15, 0.2) is 41.7 Å². The molecule has 0 saturated carbocycles. The van der Waals surface area contributed by atoms with Crippen LogP contribution in [0.4, 0.5) is 0 Å². The molecule has 22 heteroatoms. The largest absolute Gasteiger partial charge is 0.461 e. The Hall–Kier alpha value is -3.24. The zero-order chi connectivity index (χ0) is 42.0. The van der Waals surface area contributed by atoms with Crippen molar-refractivity contribution in [3.63, 3.8) is 0 Å². The third kappa shape index (κ3) is 7.55. The van der Waals surface area contributed by atoms with Crippen molar-refractivity contribution < 1.29 is 108 Å². The number of benzene rings is 2. The Bertz CT molecular complexity index is 1810. The molecule has 2 aromatic rings. The van der Waals surface area contributed by atoms with E-state index in [1.807, 2.05) is 18.2 Å². The third-order valence-electron chi connectivity index (χ3n) is 12.1. The van der Waals surface area contributed by atoms with Gasteiger partial charge in [-0.05, 0) is 23.8 Å².